The highest BCUT2D eigenvalue weighted by Crippen LogP contribution is 2.29. The summed E-state index contributed by atoms with van der Waals surface area (Å²) in [5, 5.41) is 2.73. The van der Waals surface area contributed by atoms with Crippen molar-refractivity contribution in [1.82, 2.24) is 4.90 Å². The number of imide groups is 1. The number of benzene rings is 3. The smallest absolute Gasteiger partial charge is 0.263 e. The molecule has 0 radical (unpaired) electrons. The zero-order valence-electron chi connectivity index (χ0n) is 15.0. The molecule has 0 unspecified atom stereocenters. The number of hydrogen-bond donors (Lipinski definition) is 1. The van der Waals surface area contributed by atoms with Gasteiger partial charge in [-0.3, -0.25) is 19.3 Å². The molecule has 28 heavy (non-hydrogen) atoms. The third kappa shape index (κ3) is 3.12. The van der Waals surface area contributed by atoms with Gasteiger partial charge in [0.2, 0.25) is 0 Å². The van der Waals surface area contributed by atoms with Gasteiger partial charge in [-0.25, -0.2) is 0 Å². The lowest BCUT2D eigenvalue weighted by Gasteiger charge is -2.10. The Morgan fingerprint density at radius 2 is 1.57 bits per heavy atom. The number of anilines is 1. The minimum atomic E-state index is -0.433. The van der Waals surface area contributed by atoms with Crippen LogP contribution in [0.25, 0.3) is 0 Å². The summed E-state index contributed by atoms with van der Waals surface area (Å²) >= 11 is 0. The van der Waals surface area contributed by atoms with Gasteiger partial charge in [-0.1, -0.05) is 30.3 Å². The molecule has 0 fully saturated rings. The molecule has 1 N–H and O–H groups in total. The summed E-state index contributed by atoms with van der Waals surface area (Å²) in [4.78, 5) is 38.2. The number of hydrogen-bond acceptors (Lipinski definition) is 4. The minimum Gasteiger partial charge on any atom is -0.457 e. The fourth-order valence-corrected chi connectivity index (χ4v) is 3.03. The van der Waals surface area contributed by atoms with E-state index in [4.69, 9.17) is 4.74 Å². The molecule has 1 heterocycles. The Balaban J connectivity index is 1.58. The van der Waals surface area contributed by atoms with Gasteiger partial charge >= 0.3 is 0 Å². The Kier molecular flexibility index (Phi) is 4.37. The maximum Gasteiger partial charge on any atom is 0.263 e. The first kappa shape index (κ1) is 17.5. The van der Waals surface area contributed by atoms with E-state index in [0.717, 1.165) is 4.90 Å². The van der Waals surface area contributed by atoms with Crippen LogP contribution in [0.2, 0.25) is 0 Å². The molecule has 3 aromatic carbocycles. The van der Waals surface area contributed by atoms with Crippen molar-refractivity contribution in [2.75, 3.05) is 12.4 Å². The van der Waals surface area contributed by atoms with Crippen LogP contribution in [0.1, 0.15) is 31.1 Å². The molecule has 1 aliphatic heterocycles. The number of rotatable bonds is 4. The van der Waals surface area contributed by atoms with Crippen LogP contribution >= 0.6 is 0 Å². The number of nitrogens with zero attached hydrogens (tertiary/aromatic N) is 1. The second-order valence-corrected chi connectivity index (χ2v) is 6.29. The topological polar surface area (TPSA) is 75.7 Å². The van der Waals surface area contributed by atoms with Crippen LogP contribution in [-0.4, -0.2) is 29.7 Å². The van der Waals surface area contributed by atoms with E-state index in [0.29, 0.717) is 22.7 Å². The first-order valence-corrected chi connectivity index (χ1v) is 8.64. The SMILES string of the molecule is CN1C(=O)c2cccc(NC(=O)c3cccc(Oc4ccccc4)c3)c2C1=O. The number of para-hydroxylation sites is 1. The molecular weight excluding hydrogens is 356 g/mol. The number of carbonyl (C=O) groups excluding carboxylic acids is 3. The number of amides is 3. The standard InChI is InChI=1S/C22H16N2O4/c1-24-21(26)17-11-6-12-18(19(17)22(24)27)23-20(25)14-7-5-10-16(13-14)28-15-8-3-2-4-9-15/h2-13H,1H3,(H,23,25). The number of carbonyl (C=O) groups is 3. The maximum atomic E-state index is 12.7. The molecule has 3 aromatic rings. The summed E-state index contributed by atoms with van der Waals surface area (Å²) in [6, 6.07) is 20.8. The normalized spacial score (nSPS) is 12.7. The van der Waals surface area contributed by atoms with Crippen molar-refractivity contribution in [3.8, 4) is 11.5 Å². The van der Waals surface area contributed by atoms with Crippen molar-refractivity contribution in [3.63, 3.8) is 0 Å². The fraction of sp³-hybridized carbons (Fsp3) is 0.0455. The van der Waals surface area contributed by atoms with Crippen molar-refractivity contribution < 1.29 is 19.1 Å². The predicted molar refractivity (Wildman–Crippen MR) is 104 cm³/mol. The average molecular weight is 372 g/mol. The van der Waals surface area contributed by atoms with Crippen LogP contribution in [0.4, 0.5) is 5.69 Å². The van der Waals surface area contributed by atoms with Crippen LogP contribution in [0.3, 0.4) is 0 Å². The molecule has 0 spiro atoms. The zero-order valence-corrected chi connectivity index (χ0v) is 15.0. The van der Waals surface area contributed by atoms with Gasteiger partial charge in [-0.05, 0) is 42.5 Å². The van der Waals surface area contributed by atoms with E-state index in [2.05, 4.69) is 5.32 Å². The van der Waals surface area contributed by atoms with Crippen molar-refractivity contribution in [3.05, 3.63) is 89.5 Å². The fourth-order valence-electron chi connectivity index (χ4n) is 3.03. The van der Waals surface area contributed by atoms with Gasteiger partial charge in [0.05, 0.1) is 16.8 Å². The van der Waals surface area contributed by atoms with Crippen molar-refractivity contribution in [2.45, 2.75) is 0 Å². The molecule has 0 bridgehead atoms. The van der Waals surface area contributed by atoms with E-state index < -0.39 is 11.8 Å². The van der Waals surface area contributed by atoms with Gasteiger partial charge in [0, 0.05) is 12.6 Å². The van der Waals surface area contributed by atoms with E-state index in [1.54, 1.807) is 42.5 Å². The summed E-state index contributed by atoms with van der Waals surface area (Å²) in [6.07, 6.45) is 0. The van der Waals surface area contributed by atoms with E-state index in [1.807, 2.05) is 30.3 Å². The molecule has 6 nitrogen and oxygen atoms in total. The first-order chi connectivity index (χ1) is 13.5. The third-order valence-electron chi connectivity index (χ3n) is 4.44. The molecule has 3 amide bonds. The second-order valence-electron chi connectivity index (χ2n) is 6.29. The number of nitrogens with one attached hydrogen (secondary N) is 1. The van der Waals surface area contributed by atoms with Crippen LogP contribution in [0, 0.1) is 0 Å². The highest BCUT2D eigenvalue weighted by Gasteiger charge is 2.35. The number of fused-ring (bicyclic) bond motifs is 1. The van der Waals surface area contributed by atoms with Crippen LogP contribution in [0.15, 0.2) is 72.8 Å². The monoisotopic (exact) mass is 372 g/mol. The molecular formula is C22H16N2O4. The van der Waals surface area contributed by atoms with E-state index in [1.165, 1.54) is 7.05 Å². The Labute approximate surface area is 161 Å². The molecule has 6 heteroatoms. The molecule has 0 atom stereocenters. The van der Waals surface area contributed by atoms with Gasteiger partial charge < -0.3 is 10.1 Å². The van der Waals surface area contributed by atoms with Crippen LogP contribution in [0.5, 0.6) is 11.5 Å². The summed E-state index contributed by atoms with van der Waals surface area (Å²) in [6.45, 7) is 0. The molecule has 4 rings (SSSR count). The highest BCUT2D eigenvalue weighted by atomic mass is 16.5. The molecule has 1 aliphatic rings. The van der Waals surface area contributed by atoms with Crippen molar-refractivity contribution in [1.29, 1.82) is 0 Å². The Morgan fingerprint density at radius 1 is 0.857 bits per heavy atom. The molecule has 0 aromatic heterocycles. The van der Waals surface area contributed by atoms with Crippen LogP contribution in [-0.2, 0) is 0 Å². The predicted octanol–water partition coefficient (Wildman–Crippen LogP) is 3.96. The summed E-state index contributed by atoms with van der Waals surface area (Å²) < 4.78 is 5.75. The van der Waals surface area contributed by atoms with Gasteiger partial charge in [0.1, 0.15) is 11.5 Å². The first-order valence-electron chi connectivity index (χ1n) is 8.64. The van der Waals surface area contributed by atoms with Crippen molar-refractivity contribution >= 4 is 23.4 Å². The quantitative estimate of drug-likeness (QED) is 0.704. The molecule has 0 aliphatic carbocycles. The molecule has 0 saturated heterocycles. The summed E-state index contributed by atoms with van der Waals surface area (Å²) in [5.74, 6) is -0.0376. The van der Waals surface area contributed by atoms with Crippen molar-refractivity contribution in [2.24, 2.45) is 0 Å². The molecule has 138 valence electrons. The lowest BCUT2D eigenvalue weighted by molar-refractivity contribution is 0.0693. The Morgan fingerprint density at radius 3 is 2.36 bits per heavy atom. The summed E-state index contributed by atoms with van der Waals surface area (Å²) in [7, 11) is 1.42. The second kappa shape index (κ2) is 7.00. The van der Waals surface area contributed by atoms with Gasteiger partial charge in [-0.2, -0.15) is 0 Å². The van der Waals surface area contributed by atoms with E-state index in [9.17, 15) is 14.4 Å². The van der Waals surface area contributed by atoms with Gasteiger partial charge in [0.25, 0.3) is 17.7 Å². The largest absolute Gasteiger partial charge is 0.457 e. The van der Waals surface area contributed by atoms with Crippen LogP contribution < -0.4 is 10.1 Å². The van der Waals surface area contributed by atoms with E-state index >= 15 is 0 Å². The third-order valence-corrected chi connectivity index (χ3v) is 4.44. The zero-order chi connectivity index (χ0) is 19.7. The number of ether oxygens (including phenoxy) is 1. The summed E-state index contributed by atoms with van der Waals surface area (Å²) in [5.41, 5.74) is 1.17. The van der Waals surface area contributed by atoms with Gasteiger partial charge in [-0.15, -0.1) is 0 Å². The molecule has 0 saturated carbocycles. The lowest BCUT2D eigenvalue weighted by Crippen LogP contribution is -2.24. The minimum absolute atomic E-state index is 0.208. The highest BCUT2D eigenvalue weighted by molar-refractivity contribution is 6.24. The maximum absolute atomic E-state index is 12.7. The van der Waals surface area contributed by atoms with E-state index in [-0.39, 0.29) is 17.0 Å². The lowest BCUT2D eigenvalue weighted by atomic mass is 10.1. The van der Waals surface area contributed by atoms with Gasteiger partial charge in [0.15, 0.2) is 0 Å². The Bertz CT molecular complexity index is 1090. The average Bonchev–Trinajstić information content (AvgIpc) is 2.94. The Hall–Kier alpha value is -3.93.